The number of amides is 1. The minimum Gasteiger partial charge on any atom is -0.478 e. The van der Waals surface area contributed by atoms with E-state index in [9.17, 15) is 18.0 Å². The van der Waals surface area contributed by atoms with Crippen LogP contribution in [0.3, 0.4) is 0 Å². The van der Waals surface area contributed by atoms with Crippen LogP contribution in [0, 0.1) is 0 Å². The highest BCUT2D eigenvalue weighted by Gasteiger charge is 2.25. The topological polar surface area (TPSA) is 108 Å². The van der Waals surface area contributed by atoms with Crippen molar-refractivity contribution in [3.05, 3.63) is 42.2 Å². The summed E-state index contributed by atoms with van der Waals surface area (Å²) in [5.74, 6) is -1.98. The van der Waals surface area contributed by atoms with Crippen LogP contribution in [0.2, 0.25) is 0 Å². The summed E-state index contributed by atoms with van der Waals surface area (Å²) in [7, 11) is -3.45. The van der Waals surface area contributed by atoms with Crippen molar-refractivity contribution < 1.29 is 23.1 Å². The molecule has 1 aliphatic heterocycles. The van der Waals surface area contributed by atoms with Gasteiger partial charge < -0.3 is 10.0 Å². The smallest absolute Gasteiger partial charge is 0.328 e. The third kappa shape index (κ3) is 6.23. The molecular formula is C17H23N3O5S. The van der Waals surface area contributed by atoms with Gasteiger partial charge in [-0.25, -0.2) is 17.5 Å². The van der Waals surface area contributed by atoms with Gasteiger partial charge in [0.2, 0.25) is 15.9 Å². The van der Waals surface area contributed by atoms with Crippen LogP contribution in [-0.4, -0.2) is 65.0 Å². The second kappa shape index (κ2) is 9.44. The van der Waals surface area contributed by atoms with E-state index in [1.165, 1.54) is 9.21 Å². The van der Waals surface area contributed by atoms with Gasteiger partial charge in [-0.05, 0) is 24.5 Å². The van der Waals surface area contributed by atoms with E-state index < -0.39 is 21.9 Å². The molecule has 1 aromatic rings. The Labute approximate surface area is 153 Å². The fourth-order valence-electron chi connectivity index (χ4n) is 2.72. The number of carbonyl (C=O) groups excluding carboxylic acids is 1. The summed E-state index contributed by atoms with van der Waals surface area (Å²) in [6.07, 6.45) is 7.58. The van der Waals surface area contributed by atoms with Crippen LogP contribution in [0.1, 0.15) is 24.8 Å². The van der Waals surface area contributed by atoms with E-state index in [2.05, 4.69) is 4.98 Å². The minimum absolute atomic E-state index is 0.0173. The van der Waals surface area contributed by atoms with Crippen molar-refractivity contribution in [3.8, 4) is 0 Å². The number of pyridine rings is 1. The summed E-state index contributed by atoms with van der Waals surface area (Å²) in [4.78, 5) is 28.2. The molecule has 0 aliphatic carbocycles. The maximum Gasteiger partial charge on any atom is 0.328 e. The molecule has 0 bridgehead atoms. The summed E-state index contributed by atoms with van der Waals surface area (Å²) in [5, 5.41) is 8.69. The maximum absolute atomic E-state index is 12.5. The van der Waals surface area contributed by atoms with E-state index in [0.29, 0.717) is 13.1 Å². The summed E-state index contributed by atoms with van der Waals surface area (Å²) < 4.78 is 26.5. The molecule has 0 radical (unpaired) electrons. The first-order valence-electron chi connectivity index (χ1n) is 8.45. The lowest BCUT2D eigenvalue weighted by Gasteiger charge is -2.27. The third-order valence-corrected chi connectivity index (χ3v) is 5.95. The molecule has 0 spiro atoms. The zero-order valence-electron chi connectivity index (χ0n) is 14.5. The highest BCUT2D eigenvalue weighted by atomic mass is 32.2. The molecule has 26 heavy (non-hydrogen) atoms. The van der Waals surface area contributed by atoms with Crippen LogP contribution in [-0.2, 0) is 26.2 Å². The summed E-state index contributed by atoms with van der Waals surface area (Å²) >= 11 is 0. The first kappa shape index (κ1) is 20.1. The monoisotopic (exact) mass is 381 g/mol. The number of rotatable bonds is 8. The molecule has 1 aliphatic rings. The van der Waals surface area contributed by atoms with Gasteiger partial charge in [-0.1, -0.05) is 12.5 Å². The van der Waals surface area contributed by atoms with Gasteiger partial charge in [0, 0.05) is 50.7 Å². The number of aliphatic carboxylic acids is 1. The Balaban J connectivity index is 2.07. The van der Waals surface area contributed by atoms with Crippen molar-refractivity contribution >= 4 is 21.9 Å². The quantitative estimate of drug-likeness (QED) is 0.670. The van der Waals surface area contributed by atoms with Crippen molar-refractivity contribution in [1.82, 2.24) is 14.2 Å². The Kier molecular flexibility index (Phi) is 7.28. The van der Waals surface area contributed by atoms with Crippen molar-refractivity contribution in [2.75, 3.05) is 25.4 Å². The molecule has 0 atom stereocenters. The van der Waals surface area contributed by atoms with Crippen LogP contribution in [0.25, 0.3) is 0 Å². The van der Waals surface area contributed by atoms with Crippen LogP contribution in [0.15, 0.2) is 36.7 Å². The SMILES string of the molecule is O=C(O)C=CC(=O)N(CCS(=O)(=O)N1CCCCC1)Cc1cccnc1. The van der Waals surface area contributed by atoms with Crippen molar-refractivity contribution in [2.45, 2.75) is 25.8 Å². The average molecular weight is 381 g/mol. The summed E-state index contributed by atoms with van der Waals surface area (Å²) in [5.41, 5.74) is 0.736. The van der Waals surface area contributed by atoms with Crippen LogP contribution in [0.4, 0.5) is 0 Å². The number of aromatic nitrogens is 1. The second-order valence-electron chi connectivity index (χ2n) is 6.07. The number of carboxylic acids is 1. The molecule has 0 saturated carbocycles. The lowest BCUT2D eigenvalue weighted by atomic mass is 10.2. The van der Waals surface area contributed by atoms with Gasteiger partial charge in [0.25, 0.3) is 0 Å². The van der Waals surface area contributed by atoms with Crippen LogP contribution >= 0.6 is 0 Å². The van der Waals surface area contributed by atoms with Crippen LogP contribution < -0.4 is 0 Å². The van der Waals surface area contributed by atoms with Gasteiger partial charge in [0.1, 0.15) is 0 Å². The second-order valence-corrected chi connectivity index (χ2v) is 8.16. The minimum atomic E-state index is -3.45. The largest absolute Gasteiger partial charge is 0.478 e. The Morgan fingerprint density at radius 3 is 2.58 bits per heavy atom. The molecule has 142 valence electrons. The Morgan fingerprint density at radius 2 is 1.96 bits per heavy atom. The van der Waals surface area contributed by atoms with E-state index >= 15 is 0 Å². The number of nitrogens with zero attached hydrogens (tertiary/aromatic N) is 3. The predicted molar refractivity (Wildman–Crippen MR) is 95.6 cm³/mol. The number of carbonyl (C=O) groups is 2. The highest BCUT2D eigenvalue weighted by molar-refractivity contribution is 7.89. The Hall–Kier alpha value is -2.26. The molecular weight excluding hydrogens is 358 g/mol. The number of piperidine rings is 1. The number of hydrogen-bond donors (Lipinski definition) is 1. The highest BCUT2D eigenvalue weighted by Crippen LogP contribution is 2.14. The van der Waals surface area contributed by atoms with Gasteiger partial charge in [0.05, 0.1) is 5.75 Å². The molecule has 1 saturated heterocycles. The summed E-state index contributed by atoms with van der Waals surface area (Å²) in [6, 6.07) is 3.49. The maximum atomic E-state index is 12.5. The molecule has 1 fully saturated rings. The van der Waals surface area contributed by atoms with Crippen LogP contribution in [0.5, 0.6) is 0 Å². The number of hydrogen-bond acceptors (Lipinski definition) is 5. The first-order valence-corrected chi connectivity index (χ1v) is 10.1. The molecule has 1 N–H and O–H groups in total. The van der Waals surface area contributed by atoms with E-state index in [-0.39, 0.29) is 18.8 Å². The lowest BCUT2D eigenvalue weighted by molar-refractivity contribution is -0.132. The zero-order chi connectivity index (χ0) is 19.0. The molecule has 9 heteroatoms. The Morgan fingerprint density at radius 1 is 1.23 bits per heavy atom. The van der Waals surface area contributed by atoms with E-state index in [0.717, 1.165) is 37.0 Å². The molecule has 8 nitrogen and oxygen atoms in total. The molecule has 2 rings (SSSR count). The van der Waals surface area contributed by atoms with Gasteiger partial charge in [-0.2, -0.15) is 0 Å². The number of sulfonamides is 1. The fourth-order valence-corrected chi connectivity index (χ4v) is 4.25. The van der Waals surface area contributed by atoms with Crippen molar-refractivity contribution in [1.29, 1.82) is 0 Å². The molecule has 1 amide bonds. The molecule has 0 aromatic carbocycles. The summed E-state index contributed by atoms with van der Waals surface area (Å²) in [6.45, 7) is 1.16. The number of carboxylic acid groups (broad SMARTS) is 1. The molecule has 1 aromatic heterocycles. The van der Waals surface area contributed by atoms with E-state index in [4.69, 9.17) is 5.11 Å². The van der Waals surface area contributed by atoms with Gasteiger partial charge in [-0.3, -0.25) is 9.78 Å². The average Bonchev–Trinajstić information content (AvgIpc) is 2.64. The normalized spacial score (nSPS) is 15.8. The molecule has 2 heterocycles. The molecule has 0 unspecified atom stereocenters. The first-order chi connectivity index (χ1) is 12.4. The van der Waals surface area contributed by atoms with E-state index in [1.807, 2.05) is 0 Å². The Bertz CT molecular complexity index is 743. The van der Waals surface area contributed by atoms with Gasteiger partial charge in [0.15, 0.2) is 0 Å². The standard InChI is InChI=1S/C17H23N3O5S/c21-16(6-7-17(22)23)19(14-15-5-4-8-18-13-15)11-12-26(24,25)20-9-2-1-3-10-20/h4-8,13H,1-3,9-12,14H2,(H,22,23). The van der Waals surface area contributed by atoms with E-state index in [1.54, 1.807) is 24.5 Å². The zero-order valence-corrected chi connectivity index (χ0v) is 15.3. The predicted octanol–water partition coefficient (Wildman–Crippen LogP) is 0.867. The van der Waals surface area contributed by atoms with Crippen molar-refractivity contribution in [2.24, 2.45) is 0 Å². The van der Waals surface area contributed by atoms with Gasteiger partial charge >= 0.3 is 5.97 Å². The third-order valence-electron chi connectivity index (χ3n) is 4.10. The van der Waals surface area contributed by atoms with Gasteiger partial charge in [-0.15, -0.1) is 0 Å². The fraction of sp³-hybridized carbons (Fsp3) is 0.471. The van der Waals surface area contributed by atoms with Crippen molar-refractivity contribution in [3.63, 3.8) is 0 Å². The lowest BCUT2D eigenvalue weighted by Crippen LogP contribution is -2.41.